The Balaban J connectivity index is 2.08. The second-order valence-corrected chi connectivity index (χ2v) is 5.67. The minimum atomic E-state index is 0.185. The second-order valence-electron chi connectivity index (χ2n) is 5.23. The number of aromatic hydroxyl groups is 1. The van der Waals surface area contributed by atoms with E-state index in [1.165, 1.54) is 4.80 Å². The predicted molar refractivity (Wildman–Crippen MR) is 87.8 cm³/mol. The van der Waals surface area contributed by atoms with Crippen LogP contribution in [-0.2, 0) is 0 Å². The Morgan fingerprint density at radius 1 is 1.00 bits per heavy atom. The van der Waals surface area contributed by atoms with Gasteiger partial charge in [-0.25, -0.2) is 0 Å². The summed E-state index contributed by atoms with van der Waals surface area (Å²) in [6.45, 7) is 1.87. The molecular weight excluding hydrogens is 298 g/mol. The zero-order valence-electron chi connectivity index (χ0n) is 11.8. The quantitative estimate of drug-likeness (QED) is 0.572. The lowest BCUT2D eigenvalue weighted by molar-refractivity contribution is 0.465. The number of fused-ring (bicyclic) bond motifs is 2. The van der Waals surface area contributed by atoms with Gasteiger partial charge < -0.3 is 5.11 Å². The summed E-state index contributed by atoms with van der Waals surface area (Å²) >= 11 is 6.00. The molecule has 1 N–H and O–H groups in total. The van der Waals surface area contributed by atoms with E-state index in [1.54, 1.807) is 12.1 Å². The van der Waals surface area contributed by atoms with Crippen LogP contribution in [0.5, 0.6) is 5.75 Å². The van der Waals surface area contributed by atoms with Gasteiger partial charge in [-0.05, 0) is 42.1 Å². The Morgan fingerprint density at radius 2 is 1.77 bits per heavy atom. The van der Waals surface area contributed by atoms with Gasteiger partial charge in [0.2, 0.25) is 0 Å². The fraction of sp³-hybridized carbons (Fsp3) is 0.0588. The van der Waals surface area contributed by atoms with Crippen molar-refractivity contribution >= 4 is 33.4 Å². The fourth-order valence-corrected chi connectivity index (χ4v) is 2.81. The molecule has 1 aromatic heterocycles. The van der Waals surface area contributed by atoms with Crippen LogP contribution in [0.1, 0.15) is 5.56 Å². The maximum atomic E-state index is 10.5. The first-order valence-electron chi connectivity index (χ1n) is 6.88. The molecule has 0 aliphatic carbocycles. The van der Waals surface area contributed by atoms with Crippen molar-refractivity contribution in [2.75, 3.05) is 0 Å². The summed E-state index contributed by atoms with van der Waals surface area (Å²) in [5, 5.41) is 22.0. The van der Waals surface area contributed by atoms with Crippen LogP contribution in [0.3, 0.4) is 0 Å². The highest BCUT2D eigenvalue weighted by Crippen LogP contribution is 2.33. The molecule has 22 heavy (non-hydrogen) atoms. The zero-order valence-corrected chi connectivity index (χ0v) is 12.5. The zero-order chi connectivity index (χ0) is 15.3. The number of rotatable bonds is 1. The lowest BCUT2D eigenvalue weighted by Gasteiger charge is -2.10. The van der Waals surface area contributed by atoms with Crippen molar-refractivity contribution < 1.29 is 5.11 Å². The molecule has 4 nitrogen and oxygen atoms in total. The van der Waals surface area contributed by atoms with Gasteiger partial charge in [0.05, 0.1) is 0 Å². The molecule has 5 heteroatoms. The number of halogens is 1. The molecule has 0 aliphatic rings. The molecule has 0 fully saturated rings. The smallest absolute Gasteiger partial charge is 0.146 e. The van der Waals surface area contributed by atoms with E-state index in [0.717, 1.165) is 21.9 Å². The minimum Gasteiger partial charge on any atom is -0.505 e. The topological polar surface area (TPSA) is 50.9 Å². The van der Waals surface area contributed by atoms with Crippen LogP contribution in [0.4, 0.5) is 0 Å². The molecule has 0 saturated carbocycles. The molecule has 0 radical (unpaired) electrons. The molecule has 0 spiro atoms. The molecule has 0 atom stereocenters. The molecule has 0 aliphatic heterocycles. The Bertz CT molecular complexity index is 1020. The lowest BCUT2D eigenvalue weighted by Crippen LogP contribution is -2.01. The molecule has 0 saturated heterocycles. The minimum absolute atomic E-state index is 0.185. The maximum absolute atomic E-state index is 10.5. The lowest BCUT2D eigenvalue weighted by atomic mass is 10.0. The van der Waals surface area contributed by atoms with Gasteiger partial charge >= 0.3 is 0 Å². The summed E-state index contributed by atoms with van der Waals surface area (Å²) in [6, 6.07) is 15.2. The van der Waals surface area contributed by atoms with Gasteiger partial charge in [0, 0.05) is 10.4 Å². The Kier molecular flexibility index (Phi) is 2.81. The van der Waals surface area contributed by atoms with Gasteiger partial charge in [-0.3, -0.25) is 0 Å². The molecule has 108 valence electrons. The summed E-state index contributed by atoms with van der Waals surface area (Å²) in [5.41, 5.74) is 2.79. The van der Waals surface area contributed by atoms with Gasteiger partial charge in [-0.1, -0.05) is 35.9 Å². The van der Waals surface area contributed by atoms with Crippen molar-refractivity contribution in [3.8, 4) is 11.4 Å². The highest BCUT2D eigenvalue weighted by molar-refractivity contribution is 6.31. The molecule has 0 unspecified atom stereocenters. The maximum Gasteiger partial charge on any atom is 0.146 e. The van der Waals surface area contributed by atoms with Gasteiger partial charge in [0.1, 0.15) is 22.5 Å². The average molecular weight is 310 g/mol. The van der Waals surface area contributed by atoms with E-state index in [2.05, 4.69) is 10.2 Å². The van der Waals surface area contributed by atoms with E-state index < -0.39 is 0 Å². The van der Waals surface area contributed by atoms with Gasteiger partial charge in [-0.15, -0.1) is 15.0 Å². The van der Waals surface area contributed by atoms with Crippen molar-refractivity contribution in [2.24, 2.45) is 0 Å². The van der Waals surface area contributed by atoms with E-state index in [1.807, 2.05) is 43.3 Å². The van der Waals surface area contributed by atoms with Crippen molar-refractivity contribution in [1.29, 1.82) is 0 Å². The standard InChI is InChI=1S/C17H12ClN3O/c1-10-8-11-4-2-3-5-13(11)16(17(10)22)21-19-14-7-6-12(18)9-15(14)20-21/h2-9,22H,1H3. The monoisotopic (exact) mass is 309 g/mol. The SMILES string of the molecule is Cc1cc2ccccc2c(-n2nc3ccc(Cl)cc3n2)c1O. The predicted octanol–water partition coefficient (Wildman–Crippen LogP) is 4.24. The number of phenolic OH excluding ortho intramolecular Hbond substituents is 1. The summed E-state index contributed by atoms with van der Waals surface area (Å²) in [7, 11) is 0. The number of aromatic nitrogens is 3. The van der Waals surface area contributed by atoms with E-state index in [-0.39, 0.29) is 5.75 Å². The molecule has 3 aromatic carbocycles. The number of phenols is 1. The molecule has 1 heterocycles. The normalized spacial score (nSPS) is 11.4. The average Bonchev–Trinajstić information content (AvgIpc) is 2.91. The number of benzene rings is 3. The Hall–Kier alpha value is -2.59. The molecule has 4 rings (SSSR count). The first kappa shape index (κ1) is 13.1. The third-order valence-corrected chi connectivity index (χ3v) is 3.96. The number of aryl methyl sites for hydroxylation is 1. The van der Waals surface area contributed by atoms with E-state index >= 15 is 0 Å². The number of nitrogens with zero attached hydrogens (tertiary/aromatic N) is 3. The van der Waals surface area contributed by atoms with Crippen molar-refractivity contribution in [1.82, 2.24) is 15.0 Å². The van der Waals surface area contributed by atoms with Crippen LogP contribution in [-0.4, -0.2) is 20.1 Å². The van der Waals surface area contributed by atoms with Crippen molar-refractivity contribution in [2.45, 2.75) is 6.92 Å². The summed E-state index contributed by atoms with van der Waals surface area (Å²) in [6.07, 6.45) is 0. The summed E-state index contributed by atoms with van der Waals surface area (Å²) in [4.78, 5) is 1.48. The summed E-state index contributed by atoms with van der Waals surface area (Å²) < 4.78 is 0. The van der Waals surface area contributed by atoms with Crippen LogP contribution in [0.15, 0.2) is 48.5 Å². The van der Waals surface area contributed by atoms with Gasteiger partial charge in [-0.2, -0.15) is 0 Å². The highest BCUT2D eigenvalue weighted by atomic mass is 35.5. The van der Waals surface area contributed by atoms with Crippen LogP contribution in [0, 0.1) is 6.92 Å². The van der Waals surface area contributed by atoms with Crippen LogP contribution in [0.2, 0.25) is 5.02 Å². The van der Waals surface area contributed by atoms with Gasteiger partial charge in [0.15, 0.2) is 0 Å². The largest absolute Gasteiger partial charge is 0.505 e. The Labute approximate surface area is 131 Å². The number of hydrogen-bond acceptors (Lipinski definition) is 3. The fourth-order valence-electron chi connectivity index (χ4n) is 2.64. The van der Waals surface area contributed by atoms with Gasteiger partial charge in [0.25, 0.3) is 0 Å². The van der Waals surface area contributed by atoms with Crippen LogP contribution >= 0.6 is 11.6 Å². The first-order chi connectivity index (χ1) is 10.6. The van der Waals surface area contributed by atoms with E-state index in [4.69, 9.17) is 11.6 Å². The van der Waals surface area contributed by atoms with E-state index in [0.29, 0.717) is 16.2 Å². The second kappa shape index (κ2) is 4.71. The van der Waals surface area contributed by atoms with Crippen LogP contribution < -0.4 is 0 Å². The highest BCUT2D eigenvalue weighted by Gasteiger charge is 2.15. The molecule has 0 amide bonds. The molecule has 0 bridgehead atoms. The van der Waals surface area contributed by atoms with Crippen LogP contribution in [0.25, 0.3) is 27.5 Å². The van der Waals surface area contributed by atoms with Crippen molar-refractivity contribution in [3.63, 3.8) is 0 Å². The third-order valence-electron chi connectivity index (χ3n) is 3.73. The first-order valence-corrected chi connectivity index (χ1v) is 7.25. The third kappa shape index (κ3) is 1.92. The summed E-state index contributed by atoms with van der Waals surface area (Å²) in [5.74, 6) is 0.185. The molecular formula is C17H12ClN3O. The van der Waals surface area contributed by atoms with Crippen molar-refractivity contribution in [3.05, 3.63) is 59.1 Å². The van der Waals surface area contributed by atoms with E-state index in [9.17, 15) is 5.11 Å². The number of hydrogen-bond donors (Lipinski definition) is 1. The molecule has 4 aromatic rings. The Morgan fingerprint density at radius 3 is 2.64 bits per heavy atom.